The molecule has 0 saturated carbocycles. The standard InChI is InChI=1S/C28H23BrN2O5/c1-2-34-23-13-10-20(11-14-23)28(33)36-25-15-12-22(29)16-21(25)17-30-31-27(32)18-35-26-9-5-7-19-6-3-4-8-24(19)26/h3-17H,2,18H2,1H3,(H,31,32)/b30-17-. The maximum Gasteiger partial charge on any atom is 0.343 e. The van der Waals surface area contributed by atoms with Crippen molar-refractivity contribution in [2.45, 2.75) is 6.92 Å². The number of hydrogen-bond donors (Lipinski definition) is 1. The Hall–Kier alpha value is -4.17. The minimum absolute atomic E-state index is 0.205. The Morgan fingerprint density at radius 2 is 1.69 bits per heavy atom. The fraction of sp³-hybridized carbons (Fsp3) is 0.107. The lowest BCUT2D eigenvalue weighted by atomic mass is 10.1. The summed E-state index contributed by atoms with van der Waals surface area (Å²) in [5.74, 6) is 0.625. The van der Waals surface area contributed by atoms with E-state index in [1.807, 2.05) is 49.4 Å². The minimum atomic E-state index is -0.525. The molecule has 4 aromatic rings. The lowest BCUT2D eigenvalue weighted by molar-refractivity contribution is -0.123. The molecule has 182 valence electrons. The van der Waals surface area contributed by atoms with E-state index in [1.165, 1.54) is 6.21 Å². The summed E-state index contributed by atoms with van der Waals surface area (Å²) >= 11 is 3.40. The first-order valence-electron chi connectivity index (χ1n) is 11.2. The third kappa shape index (κ3) is 6.49. The second-order valence-corrected chi connectivity index (χ2v) is 8.50. The molecule has 4 rings (SSSR count). The molecule has 0 bridgehead atoms. The van der Waals surface area contributed by atoms with Crippen LogP contribution in [0.1, 0.15) is 22.8 Å². The fourth-order valence-electron chi connectivity index (χ4n) is 3.40. The van der Waals surface area contributed by atoms with Gasteiger partial charge in [-0.3, -0.25) is 4.79 Å². The van der Waals surface area contributed by atoms with Crippen molar-refractivity contribution < 1.29 is 23.8 Å². The van der Waals surface area contributed by atoms with Gasteiger partial charge in [-0.25, -0.2) is 10.2 Å². The Bertz CT molecular complexity index is 1400. The highest BCUT2D eigenvalue weighted by molar-refractivity contribution is 9.10. The quantitative estimate of drug-likeness (QED) is 0.125. The van der Waals surface area contributed by atoms with Gasteiger partial charge in [0.25, 0.3) is 5.91 Å². The molecule has 0 heterocycles. The zero-order valence-electron chi connectivity index (χ0n) is 19.4. The van der Waals surface area contributed by atoms with E-state index in [4.69, 9.17) is 14.2 Å². The number of hydrazone groups is 1. The zero-order chi connectivity index (χ0) is 25.3. The van der Waals surface area contributed by atoms with Gasteiger partial charge in [0.15, 0.2) is 6.61 Å². The van der Waals surface area contributed by atoms with Crippen molar-refractivity contribution in [3.05, 3.63) is 101 Å². The summed E-state index contributed by atoms with van der Waals surface area (Å²) in [5.41, 5.74) is 3.31. The second-order valence-electron chi connectivity index (χ2n) is 7.59. The number of ether oxygens (including phenoxy) is 3. The highest BCUT2D eigenvalue weighted by atomic mass is 79.9. The average molecular weight is 547 g/mol. The van der Waals surface area contributed by atoms with E-state index in [9.17, 15) is 9.59 Å². The van der Waals surface area contributed by atoms with E-state index >= 15 is 0 Å². The molecule has 0 aromatic heterocycles. The summed E-state index contributed by atoms with van der Waals surface area (Å²) in [6.45, 7) is 2.22. The first-order valence-corrected chi connectivity index (χ1v) is 12.0. The summed E-state index contributed by atoms with van der Waals surface area (Å²) < 4.78 is 17.4. The monoisotopic (exact) mass is 546 g/mol. The van der Waals surface area contributed by atoms with Crippen LogP contribution in [0.15, 0.2) is 94.5 Å². The summed E-state index contributed by atoms with van der Waals surface area (Å²) in [6.07, 6.45) is 1.40. The largest absolute Gasteiger partial charge is 0.494 e. The number of carbonyl (C=O) groups is 2. The number of benzene rings is 4. The first kappa shape index (κ1) is 24.9. The van der Waals surface area contributed by atoms with E-state index in [0.717, 1.165) is 15.2 Å². The summed E-state index contributed by atoms with van der Waals surface area (Å²) in [5, 5.41) is 5.94. The van der Waals surface area contributed by atoms with Crippen LogP contribution in [0, 0.1) is 0 Å². The molecule has 1 amide bonds. The van der Waals surface area contributed by atoms with Crippen LogP contribution in [-0.4, -0.2) is 31.3 Å². The fourth-order valence-corrected chi connectivity index (χ4v) is 3.78. The van der Waals surface area contributed by atoms with Crippen molar-refractivity contribution in [3.63, 3.8) is 0 Å². The molecule has 0 aliphatic rings. The van der Waals surface area contributed by atoms with Gasteiger partial charge in [-0.15, -0.1) is 0 Å². The summed E-state index contributed by atoms with van der Waals surface area (Å²) in [4.78, 5) is 24.9. The molecule has 0 atom stereocenters. The Morgan fingerprint density at radius 1 is 0.917 bits per heavy atom. The van der Waals surface area contributed by atoms with Gasteiger partial charge in [0.1, 0.15) is 17.2 Å². The van der Waals surface area contributed by atoms with Gasteiger partial charge in [-0.1, -0.05) is 52.3 Å². The van der Waals surface area contributed by atoms with Crippen LogP contribution in [0.25, 0.3) is 10.8 Å². The van der Waals surface area contributed by atoms with Gasteiger partial charge in [0, 0.05) is 15.4 Å². The van der Waals surface area contributed by atoms with E-state index in [2.05, 4.69) is 26.5 Å². The van der Waals surface area contributed by atoms with Crippen LogP contribution in [0.2, 0.25) is 0 Å². The molecule has 0 aliphatic heterocycles. The number of halogens is 1. The third-order valence-corrected chi connectivity index (χ3v) is 5.57. The lowest BCUT2D eigenvalue weighted by Crippen LogP contribution is -2.24. The SMILES string of the molecule is CCOc1ccc(C(=O)Oc2ccc(Br)cc2/C=N\NC(=O)COc2cccc3ccccc23)cc1. The Balaban J connectivity index is 1.38. The molecular weight excluding hydrogens is 524 g/mol. The predicted octanol–water partition coefficient (Wildman–Crippen LogP) is 5.75. The van der Waals surface area contributed by atoms with Crippen LogP contribution in [0.5, 0.6) is 17.2 Å². The smallest absolute Gasteiger partial charge is 0.343 e. The lowest BCUT2D eigenvalue weighted by Gasteiger charge is -2.09. The summed E-state index contributed by atoms with van der Waals surface area (Å²) in [6, 6.07) is 25.2. The number of rotatable bonds is 9. The number of amides is 1. The number of carbonyl (C=O) groups excluding carboxylic acids is 2. The molecule has 0 unspecified atom stereocenters. The van der Waals surface area contributed by atoms with Crippen LogP contribution in [0.3, 0.4) is 0 Å². The molecule has 0 saturated heterocycles. The molecule has 0 aliphatic carbocycles. The Morgan fingerprint density at radius 3 is 2.50 bits per heavy atom. The van der Waals surface area contributed by atoms with Crippen LogP contribution >= 0.6 is 15.9 Å². The van der Waals surface area contributed by atoms with Crippen molar-refractivity contribution in [1.29, 1.82) is 0 Å². The molecule has 7 nitrogen and oxygen atoms in total. The number of nitrogens with one attached hydrogen (secondary N) is 1. The van der Waals surface area contributed by atoms with Gasteiger partial charge in [0.05, 0.1) is 18.4 Å². The molecule has 0 radical (unpaired) electrons. The molecule has 0 fully saturated rings. The number of fused-ring (bicyclic) bond motifs is 1. The Kier molecular flexibility index (Phi) is 8.31. The maximum atomic E-state index is 12.6. The van der Waals surface area contributed by atoms with Gasteiger partial charge in [-0.05, 0) is 60.8 Å². The highest BCUT2D eigenvalue weighted by Crippen LogP contribution is 2.25. The molecule has 1 N–H and O–H groups in total. The third-order valence-electron chi connectivity index (χ3n) is 5.08. The summed E-state index contributed by atoms with van der Waals surface area (Å²) in [7, 11) is 0. The molecule has 0 spiro atoms. The number of esters is 1. The van der Waals surface area contributed by atoms with Gasteiger partial charge < -0.3 is 14.2 Å². The van der Waals surface area contributed by atoms with Crippen LogP contribution in [-0.2, 0) is 4.79 Å². The second kappa shape index (κ2) is 12.0. The van der Waals surface area contributed by atoms with Crippen molar-refractivity contribution in [2.24, 2.45) is 5.10 Å². The van der Waals surface area contributed by atoms with Gasteiger partial charge in [-0.2, -0.15) is 5.10 Å². The molecule has 8 heteroatoms. The Labute approximate surface area is 216 Å². The van der Waals surface area contributed by atoms with Crippen LogP contribution in [0.4, 0.5) is 0 Å². The maximum absolute atomic E-state index is 12.6. The van der Waals surface area contributed by atoms with E-state index in [1.54, 1.807) is 42.5 Å². The average Bonchev–Trinajstić information content (AvgIpc) is 2.89. The normalized spacial score (nSPS) is 10.8. The van der Waals surface area contributed by atoms with Gasteiger partial charge in [0.2, 0.25) is 0 Å². The first-order chi connectivity index (χ1) is 17.5. The zero-order valence-corrected chi connectivity index (χ0v) is 21.0. The van der Waals surface area contributed by atoms with Crippen LogP contribution < -0.4 is 19.6 Å². The van der Waals surface area contributed by atoms with Crippen molar-refractivity contribution in [2.75, 3.05) is 13.2 Å². The van der Waals surface area contributed by atoms with Crippen molar-refractivity contribution >= 4 is 44.8 Å². The molecule has 4 aromatic carbocycles. The van der Waals surface area contributed by atoms with E-state index in [-0.39, 0.29) is 6.61 Å². The van der Waals surface area contributed by atoms with Crippen molar-refractivity contribution in [1.82, 2.24) is 5.43 Å². The number of nitrogens with zero attached hydrogens (tertiary/aromatic N) is 1. The minimum Gasteiger partial charge on any atom is -0.494 e. The highest BCUT2D eigenvalue weighted by Gasteiger charge is 2.12. The van der Waals surface area contributed by atoms with E-state index in [0.29, 0.717) is 35.0 Å². The van der Waals surface area contributed by atoms with Gasteiger partial charge >= 0.3 is 5.97 Å². The predicted molar refractivity (Wildman–Crippen MR) is 142 cm³/mol. The topological polar surface area (TPSA) is 86.2 Å². The molecular formula is C28H23BrN2O5. The number of hydrogen-bond acceptors (Lipinski definition) is 6. The van der Waals surface area contributed by atoms with E-state index < -0.39 is 11.9 Å². The van der Waals surface area contributed by atoms with Crippen molar-refractivity contribution in [3.8, 4) is 17.2 Å². The molecule has 36 heavy (non-hydrogen) atoms.